The molecule has 0 bridgehead atoms. The molecule has 1 N–H and O–H groups in total. The van der Waals surface area contributed by atoms with Crippen LogP contribution in [0.2, 0.25) is 0 Å². The molecule has 0 radical (unpaired) electrons. The Bertz CT molecular complexity index is 448. The van der Waals surface area contributed by atoms with Gasteiger partial charge in [0.15, 0.2) is 5.79 Å². The molecule has 0 aromatic heterocycles. The van der Waals surface area contributed by atoms with Gasteiger partial charge in [-0.05, 0) is 26.7 Å². The SMILES string of the molecule is [C-]#[N+]CC[C@H]1CC[C@@H]2O[C@@H](C3COC(C)(C)O3)C[C@]2(CO)O1. The molecule has 0 amide bonds. The smallest absolute Gasteiger partial charge is 0.217 e. The highest BCUT2D eigenvalue weighted by molar-refractivity contribution is 5.03. The lowest BCUT2D eigenvalue weighted by Gasteiger charge is -2.40. The molecule has 0 aliphatic carbocycles. The second kappa shape index (κ2) is 6.06. The number of aliphatic hydroxyl groups excluding tert-OH is 1. The molecule has 3 heterocycles. The molecule has 3 fully saturated rings. The molecular weight excluding hydrogens is 286 g/mol. The van der Waals surface area contributed by atoms with Gasteiger partial charge in [0.1, 0.15) is 11.7 Å². The number of aliphatic hydroxyl groups is 1. The predicted octanol–water partition coefficient (Wildman–Crippen LogP) is 1.51. The van der Waals surface area contributed by atoms with Gasteiger partial charge in [-0.2, -0.15) is 0 Å². The normalized spacial score (nSPS) is 43.7. The zero-order valence-corrected chi connectivity index (χ0v) is 13.3. The highest BCUT2D eigenvalue weighted by Gasteiger charge is 2.56. The Hall–Kier alpha value is -0.710. The van der Waals surface area contributed by atoms with E-state index in [4.69, 9.17) is 25.5 Å². The fourth-order valence-electron chi connectivity index (χ4n) is 3.77. The van der Waals surface area contributed by atoms with Crippen molar-refractivity contribution in [1.29, 1.82) is 0 Å². The maximum absolute atomic E-state index is 9.92. The predicted molar refractivity (Wildman–Crippen MR) is 78.2 cm³/mol. The van der Waals surface area contributed by atoms with Gasteiger partial charge in [0.05, 0.1) is 31.5 Å². The van der Waals surface area contributed by atoms with Crippen LogP contribution in [0.1, 0.15) is 39.5 Å². The summed E-state index contributed by atoms with van der Waals surface area (Å²) in [5.74, 6) is -0.576. The van der Waals surface area contributed by atoms with Crippen LogP contribution in [0.15, 0.2) is 0 Å². The Morgan fingerprint density at radius 2 is 2.05 bits per heavy atom. The molecule has 6 heteroatoms. The van der Waals surface area contributed by atoms with Crippen molar-refractivity contribution in [2.24, 2.45) is 0 Å². The second-order valence-electron chi connectivity index (χ2n) is 6.94. The summed E-state index contributed by atoms with van der Waals surface area (Å²) in [5.41, 5.74) is -0.647. The monoisotopic (exact) mass is 311 g/mol. The van der Waals surface area contributed by atoms with E-state index >= 15 is 0 Å². The molecule has 22 heavy (non-hydrogen) atoms. The van der Waals surface area contributed by atoms with E-state index in [0.717, 1.165) is 19.3 Å². The van der Waals surface area contributed by atoms with Crippen molar-refractivity contribution < 1.29 is 24.1 Å². The lowest BCUT2D eigenvalue weighted by molar-refractivity contribution is -0.186. The molecule has 3 aliphatic rings. The van der Waals surface area contributed by atoms with Gasteiger partial charge in [-0.25, -0.2) is 6.57 Å². The molecule has 1 unspecified atom stereocenters. The minimum absolute atomic E-state index is 0.0389. The first kappa shape index (κ1) is 16.2. The lowest BCUT2D eigenvalue weighted by atomic mass is 9.86. The molecule has 0 saturated carbocycles. The van der Waals surface area contributed by atoms with Gasteiger partial charge >= 0.3 is 0 Å². The topological polar surface area (TPSA) is 61.5 Å². The van der Waals surface area contributed by atoms with E-state index in [0.29, 0.717) is 19.6 Å². The van der Waals surface area contributed by atoms with Crippen LogP contribution in [0.4, 0.5) is 0 Å². The molecule has 5 atom stereocenters. The Labute approximate surface area is 131 Å². The van der Waals surface area contributed by atoms with Gasteiger partial charge in [0.25, 0.3) is 0 Å². The van der Waals surface area contributed by atoms with Gasteiger partial charge in [-0.3, -0.25) is 0 Å². The summed E-state index contributed by atoms with van der Waals surface area (Å²) in [6.07, 6.45) is 2.79. The van der Waals surface area contributed by atoms with Crippen LogP contribution in [-0.4, -0.2) is 60.7 Å². The minimum Gasteiger partial charge on any atom is -0.393 e. The van der Waals surface area contributed by atoms with Gasteiger partial charge in [-0.1, -0.05) is 0 Å². The number of hydrogen-bond acceptors (Lipinski definition) is 5. The van der Waals surface area contributed by atoms with Crippen LogP contribution >= 0.6 is 0 Å². The fourth-order valence-corrected chi connectivity index (χ4v) is 3.77. The molecule has 124 valence electrons. The summed E-state index contributed by atoms with van der Waals surface area (Å²) < 4.78 is 23.8. The van der Waals surface area contributed by atoms with Crippen LogP contribution < -0.4 is 0 Å². The summed E-state index contributed by atoms with van der Waals surface area (Å²) in [6.45, 7) is 11.6. The quantitative estimate of drug-likeness (QED) is 0.798. The van der Waals surface area contributed by atoms with E-state index < -0.39 is 11.4 Å². The van der Waals surface area contributed by atoms with Crippen molar-refractivity contribution in [2.45, 2.75) is 75.3 Å². The largest absolute Gasteiger partial charge is 0.393 e. The van der Waals surface area contributed by atoms with E-state index in [1.54, 1.807) is 0 Å². The Morgan fingerprint density at radius 1 is 1.23 bits per heavy atom. The highest BCUT2D eigenvalue weighted by atomic mass is 16.8. The van der Waals surface area contributed by atoms with E-state index in [1.165, 1.54) is 0 Å². The number of nitrogens with zero attached hydrogens (tertiary/aromatic N) is 1. The molecule has 3 rings (SSSR count). The molecular formula is C16H25NO5. The van der Waals surface area contributed by atoms with E-state index in [9.17, 15) is 5.11 Å². The second-order valence-corrected chi connectivity index (χ2v) is 6.94. The van der Waals surface area contributed by atoms with Crippen molar-refractivity contribution in [3.05, 3.63) is 11.4 Å². The van der Waals surface area contributed by atoms with Crippen molar-refractivity contribution >= 4 is 0 Å². The van der Waals surface area contributed by atoms with Gasteiger partial charge < -0.3 is 28.9 Å². The first-order chi connectivity index (χ1) is 10.5. The Balaban J connectivity index is 1.66. The van der Waals surface area contributed by atoms with Gasteiger partial charge in [-0.15, -0.1) is 0 Å². The Morgan fingerprint density at radius 3 is 2.68 bits per heavy atom. The van der Waals surface area contributed by atoms with Crippen LogP contribution in [0, 0.1) is 6.57 Å². The maximum Gasteiger partial charge on any atom is 0.217 e. The lowest BCUT2D eigenvalue weighted by Crippen LogP contribution is -2.51. The first-order valence-corrected chi connectivity index (χ1v) is 8.07. The van der Waals surface area contributed by atoms with E-state index in [-0.39, 0.29) is 31.0 Å². The third kappa shape index (κ3) is 3.01. The Kier molecular flexibility index (Phi) is 4.45. The number of ether oxygens (including phenoxy) is 4. The summed E-state index contributed by atoms with van der Waals surface area (Å²) in [5, 5.41) is 9.92. The highest BCUT2D eigenvalue weighted by Crippen LogP contribution is 2.44. The molecule has 3 aliphatic heterocycles. The fraction of sp³-hybridized carbons (Fsp3) is 0.938. The molecule has 0 aromatic rings. The molecule has 3 saturated heterocycles. The average molecular weight is 311 g/mol. The molecule has 6 nitrogen and oxygen atoms in total. The van der Waals surface area contributed by atoms with Crippen LogP contribution in [-0.2, 0) is 18.9 Å². The number of rotatable bonds is 4. The van der Waals surface area contributed by atoms with Crippen molar-refractivity contribution in [3.63, 3.8) is 0 Å². The zero-order valence-electron chi connectivity index (χ0n) is 13.3. The van der Waals surface area contributed by atoms with Crippen molar-refractivity contribution in [1.82, 2.24) is 0 Å². The van der Waals surface area contributed by atoms with Crippen molar-refractivity contribution in [3.8, 4) is 0 Å². The van der Waals surface area contributed by atoms with E-state index in [2.05, 4.69) is 4.85 Å². The third-order valence-corrected chi connectivity index (χ3v) is 4.90. The summed E-state index contributed by atoms with van der Waals surface area (Å²) in [4.78, 5) is 3.40. The van der Waals surface area contributed by atoms with Gasteiger partial charge in [0.2, 0.25) is 6.54 Å². The first-order valence-electron chi connectivity index (χ1n) is 8.07. The van der Waals surface area contributed by atoms with Crippen LogP contribution in [0.25, 0.3) is 4.85 Å². The maximum atomic E-state index is 9.92. The van der Waals surface area contributed by atoms with Crippen molar-refractivity contribution in [2.75, 3.05) is 19.8 Å². The molecule has 0 aromatic carbocycles. The average Bonchev–Trinajstić information content (AvgIpc) is 3.05. The number of hydrogen-bond donors (Lipinski definition) is 1. The van der Waals surface area contributed by atoms with E-state index in [1.807, 2.05) is 13.8 Å². The third-order valence-electron chi connectivity index (χ3n) is 4.90. The number of fused-ring (bicyclic) bond motifs is 1. The van der Waals surface area contributed by atoms with Gasteiger partial charge in [0, 0.05) is 12.8 Å². The zero-order chi connectivity index (χ0) is 15.8. The minimum atomic E-state index is -0.647. The standard InChI is InChI=1S/C16H25NO5/c1-15(2)19-9-13(22-15)12-8-16(10-18)14(20-12)5-4-11(21-16)6-7-17-3/h11-14,18H,4-10H2,1-2H3/t11-,12-,13?,14+,16-/m1/s1. The van der Waals surface area contributed by atoms with Crippen LogP contribution in [0.5, 0.6) is 0 Å². The summed E-state index contributed by atoms with van der Waals surface area (Å²) in [7, 11) is 0. The molecule has 0 spiro atoms. The summed E-state index contributed by atoms with van der Waals surface area (Å²) in [6, 6.07) is 0. The summed E-state index contributed by atoms with van der Waals surface area (Å²) >= 11 is 0. The van der Waals surface area contributed by atoms with Crippen LogP contribution in [0.3, 0.4) is 0 Å².